The van der Waals surface area contributed by atoms with Crippen LogP contribution in [0.4, 0.5) is 0 Å². The quantitative estimate of drug-likeness (QED) is 0.800. The molecular weight excluding hydrogens is 282 g/mol. The fourth-order valence-corrected chi connectivity index (χ4v) is 2.93. The Bertz CT molecular complexity index is 777. The molecule has 1 aromatic carbocycles. The van der Waals surface area contributed by atoms with E-state index in [0.29, 0.717) is 6.54 Å². The van der Waals surface area contributed by atoms with Crippen molar-refractivity contribution in [3.63, 3.8) is 0 Å². The van der Waals surface area contributed by atoms with Gasteiger partial charge in [-0.3, -0.25) is 0 Å². The van der Waals surface area contributed by atoms with E-state index in [1.54, 1.807) is 0 Å². The van der Waals surface area contributed by atoms with E-state index in [2.05, 4.69) is 33.9 Å². The molecule has 0 aliphatic rings. The zero-order valence-electron chi connectivity index (χ0n) is 12.0. The molecule has 0 spiro atoms. The normalized spacial score (nSPS) is 11.2. The lowest BCUT2D eigenvalue weighted by Crippen LogP contribution is -2.02. The number of nitrogens with two attached hydrogens (primary N) is 1. The Balaban J connectivity index is 2.04. The van der Waals surface area contributed by atoms with Crippen molar-refractivity contribution in [3.05, 3.63) is 64.4 Å². The predicted octanol–water partition coefficient (Wildman–Crippen LogP) is 3.55. The highest BCUT2D eigenvalue weighted by atomic mass is 35.5. The Morgan fingerprint density at radius 1 is 1.24 bits per heavy atom. The lowest BCUT2D eigenvalue weighted by atomic mass is 10.1. The zero-order valence-corrected chi connectivity index (χ0v) is 12.8. The molecular formula is C17H18ClN3. The third-order valence-electron chi connectivity index (χ3n) is 3.68. The van der Waals surface area contributed by atoms with E-state index in [1.165, 1.54) is 16.5 Å². The fourth-order valence-electron chi connectivity index (χ4n) is 2.63. The van der Waals surface area contributed by atoms with Gasteiger partial charge in [0, 0.05) is 22.8 Å². The van der Waals surface area contributed by atoms with Gasteiger partial charge in [-0.05, 0) is 54.8 Å². The minimum absolute atomic E-state index is 0.638. The number of halogens is 1. The molecule has 2 N–H and O–H groups in total. The van der Waals surface area contributed by atoms with Gasteiger partial charge in [-0.1, -0.05) is 23.7 Å². The maximum Gasteiger partial charge on any atom is 0.140 e. The number of aryl methyl sites for hydroxylation is 1. The maximum absolute atomic E-state index is 6.34. The summed E-state index contributed by atoms with van der Waals surface area (Å²) in [5, 5.41) is 1.97. The fraction of sp³-hybridized carbons (Fsp3) is 0.235. The van der Waals surface area contributed by atoms with Crippen LogP contribution >= 0.6 is 11.6 Å². The molecule has 0 saturated carbocycles. The van der Waals surface area contributed by atoms with Crippen LogP contribution in [0.5, 0.6) is 0 Å². The number of pyridine rings is 1. The SMILES string of the molecule is Cc1ccc(Cn2cc(CCN)c3cccnc32)c(Cl)c1. The molecule has 0 aliphatic carbocycles. The Kier molecular flexibility index (Phi) is 3.95. The zero-order chi connectivity index (χ0) is 14.8. The average Bonchev–Trinajstić information content (AvgIpc) is 2.81. The molecule has 2 heterocycles. The van der Waals surface area contributed by atoms with Crippen LogP contribution in [-0.4, -0.2) is 16.1 Å². The minimum atomic E-state index is 0.638. The first-order chi connectivity index (χ1) is 10.2. The smallest absolute Gasteiger partial charge is 0.140 e. The predicted molar refractivity (Wildman–Crippen MR) is 87.8 cm³/mol. The summed E-state index contributed by atoms with van der Waals surface area (Å²) in [7, 11) is 0. The van der Waals surface area contributed by atoms with Crippen LogP contribution in [0.15, 0.2) is 42.7 Å². The standard InChI is InChI=1S/C17H18ClN3/c1-12-4-5-14(16(18)9-12)11-21-10-13(6-7-19)15-3-2-8-20-17(15)21/h2-5,8-10H,6-7,11,19H2,1H3. The van der Waals surface area contributed by atoms with Crippen molar-refractivity contribution in [1.82, 2.24) is 9.55 Å². The maximum atomic E-state index is 6.34. The summed E-state index contributed by atoms with van der Waals surface area (Å²) in [6.45, 7) is 3.40. The number of aromatic nitrogens is 2. The van der Waals surface area contributed by atoms with Crippen LogP contribution in [0, 0.1) is 6.92 Å². The number of fused-ring (bicyclic) bond motifs is 1. The number of hydrogen-bond donors (Lipinski definition) is 1. The van der Waals surface area contributed by atoms with Gasteiger partial charge in [-0.15, -0.1) is 0 Å². The van der Waals surface area contributed by atoms with Crippen molar-refractivity contribution in [2.24, 2.45) is 5.73 Å². The Morgan fingerprint density at radius 3 is 2.86 bits per heavy atom. The van der Waals surface area contributed by atoms with Gasteiger partial charge in [0.15, 0.2) is 0 Å². The van der Waals surface area contributed by atoms with Gasteiger partial charge in [-0.2, -0.15) is 0 Å². The van der Waals surface area contributed by atoms with E-state index in [-0.39, 0.29) is 0 Å². The summed E-state index contributed by atoms with van der Waals surface area (Å²) in [5.74, 6) is 0. The summed E-state index contributed by atoms with van der Waals surface area (Å²) in [6, 6.07) is 10.2. The van der Waals surface area contributed by atoms with Crippen molar-refractivity contribution >= 4 is 22.6 Å². The van der Waals surface area contributed by atoms with E-state index in [0.717, 1.165) is 29.2 Å². The Hall–Kier alpha value is -1.84. The molecule has 3 rings (SSSR count). The molecule has 0 unspecified atom stereocenters. The van der Waals surface area contributed by atoms with E-state index in [1.807, 2.05) is 25.3 Å². The first-order valence-electron chi connectivity index (χ1n) is 7.07. The van der Waals surface area contributed by atoms with Gasteiger partial charge >= 0.3 is 0 Å². The molecule has 21 heavy (non-hydrogen) atoms. The molecule has 3 aromatic rings. The Labute approximate surface area is 129 Å². The second-order valence-electron chi connectivity index (χ2n) is 5.29. The lowest BCUT2D eigenvalue weighted by molar-refractivity contribution is 0.817. The highest BCUT2D eigenvalue weighted by molar-refractivity contribution is 6.31. The van der Waals surface area contributed by atoms with Gasteiger partial charge in [0.1, 0.15) is 5.65 Å². The highest BCUT2D eigenvalue weighted by Gasteiger charge is 2.10. The van der Waals surface area contributed by atoms with Crippen molar-refractivity contribution in [2.45, 2.75) is 19.9 Å². The second-order valence-corrected chi connectivity index (χ2v) is 5.70. The van der Waals surface area contributed by atoms with Crippen LogP contribution in [0.3, 0.4) is 0 Å². The summed E-state index contributed by atoms with van der Waals surface area (Å²) in [6.07, 6.45) is 4.82. The first kappa shape index (κ1) is 14.1. The monoisotopic (exact) mass is 299 g/mol. The van der Waals surface area contributed by atoms with Crippen LogP contribution in [-0.2, 0) is 13.0 Å². The molecule has 0 fully saturated rings. The molecule has 0 saturated heterocycles. The molecule has 2 aromatic heterocycles. The molecule has 0 aliphatic heterocycles. The van der Waals surface area contributed by atoms with Gasteiger partial charge in [0.2, 0.25) is 0 Å². The van der Waals surface area contributed by atoms with Gasteiger partial charge in [0.25, 0.3) is 0 Å². The number of hydrogen-bond acceptors (Lipinski definition) is 2. The van der Waals surface area contributed by atoms with Crippen LogP contribution in [0.1, 0.15) is 16.7 Å². The average molecular weight is 300 g/mol. The van der Waals surface area contributed by atoms with E-state index >= 15 is 0 Å². The van der Waals surface area contributed by atoms with E-state index < -0.39 is 0 Å². The molecule has 0 atom stereocenters. The van der Waals surface area contributed by atoms with Crippen LogP contribution in [0.25, 0.3) is 11.0 Å². The van der Waals surface area contributed by atoms with Crippen molar-refractivity contribution < 1.29 is 0 Å². The van der Waals surface area contributed by atoms with Crippen LogP contribution < -0.4 is 5.73 Å². The first-order valence-corrected chi connectivity index (χ1v) is 7.44. The van der Waals surface area contributed by atoms with Crippen LogP contribution in [0.2, 0.25) is 5.02 Å². The lowest BCUT2D eigenvalue weighted by Gasteiger charge is -2.07. The molecule has 4 heteroatoms. The number of rotatable bonds is 4. The van der Waals surface area contributed by atoms with Crippen molar-refractivity contribution in [1.29, 1.82) is 0 Å². The number of nitrogens with zero attached hydrogens (tertiary/aromatic N) is 2. The summed E-state index contributed by atoms with van der Waals surface area (Å²) < 4.78 is 2.15. The molecule has 0 bridgehead atoms. The summed E-state index contributed by atoms with van der Waals surface area (Å²) in [5.41, 5.74) is 10.2. The summed E-state index contributed by atoms with van der Waals surface area (Å²) in [4.78, 5) is 4.51. The van der Waals surface area contributed by atoms with Gasteiger partial charge in [0.05, 0.1) is 6.54 Å². The topological polar surface area (TPSA) is 43.8 Å². The third-order valence-corrected chi connectivity index (χ3v) is 4.03. The van der Waals surface area contributed by atoms with E-state index in [9.17, 15) is 0 Å². The largest absolute Gasteiger partial charge is 0.330 e. The second kappa shape index (κ2) is 5.88. The van der Waals surface area contributed by atoms with Gasteiger partial charge in [-0.25, -0.2) is 4.98 Å². The van der Waals surface area contributed by atoms with Crippen molar-refractivity contribution in [2.75, 3.05) is 6.54 Å². The molecule has 3 nitrogen and oxygen atoms in total. The Morgan fingerprint density at radius 2 is 2.10 bits per heavy atom. The van der Waals surface area contributed by atoms with Crippen molar-refractivity contribution in [3.8, 4) is 0 Å². The van der Waals surface area contributed by atoms with Gasteiger partial charge < -0.3 is 10.3 Å². The summed E-state index contributed by atoms with van der Waals surface area (Å²) >= 11 is 6.34. The number of benzene rings is 1. The molecule has 0 radical (unpaired) electrons. The minimum Gasteiger partial charge on any atom is -0.330 e. The van der Waals surface area contributed by atoms with E-state index in [4.69, 9.17) is 17.3 Å². The highest BCUT2D eigenvalue weighted by Crippen LogP contribution is 2.24. The molecule has 0 amide bonds. The third kappa shape index (κ3) is 2.80. The molecule has 108 valence electrons.